The van der Waals surface area contributed by atoms with Crippen molar-refractivity contribution < 1.29 is 9.59 Å². The lowest BCUT2D eigenvalue weighted by Crippen LogP contribution is -2.25. The van der Waals surface area contributed by atoms with Gasteiger partial charge in [0.25, 0.3) is 5.91 Å². The number of amides is 2. The summed E-state index contributed by atoms with van der Waals surface area (Å²) in [5.41, 5.74) is 1.63. The Bertz CT molecular complexity index is 676. The number of nitrogens with one attached hydrogen (secondary N) is 2. The van der Waals surface area contributed by atoms with E-state index in [0.29, 0.717) is 18.7 Å². The third-order valence-corrected chi connectivity index (χ3v) is 4.07. The molecule has 0 atom stereocenters. The molecule has 0 aliphatic heterocycles. The van der Waals surface area contributed by atoms with Crippen LogP contribution in [0.3, 0.4) is 0 Å². The molecule has 2 amide bonds. The molecule has 1 aromatic carbocycles. The van der Waals surface area contributed by atoms with Gasteiger partial charge >= 0.3 is 0 Å². The summed E-state index contributed by atoms with van der Waals surface area (Å²) in [6.45, 7) is 1.97. The van der Waals surface area contributed by atoms with Crippen molar-refractivity contribution in [2.45, 2.75) is 32.4 Å². The molecule has 0 saturated heterocycles. The van der Waals surface area contributed by atoms with Crippen molar-refractivity contribution in [3.05, 3.63) is 54.1 Å². The lowest BCUT2D eigenvalue weighted by molar-refractivity contribution is -0.122. The predicted molar refractivity (Wildman–Crippen MR) is 90.2 cm³/mol. The maximum Gasteiger partial charge on any atom is 0.251 e. The molecule has 1 aromatic heterocycles. The summed E-state index contributed by atoms with van der Waals surface area (Å²) in [5.74, 6) is 0.279. The van der Waals surface area contributed by atoms with Crippen LogP contribution in [0.5, 0.6) is 0 Å². The Kier molecular flexibility index (Phi) is 5.25. The van der Waals surface area contributed by atoms with Gasteiger partial charge in [-0.25, -0.2) is 4.98 Å². The molecule has 1 heterocycles. The van der Waals surface area contributed by atoms with Crippen molar-refractivity contribution in [2.75, 3.05) is 6.54 Å². The topological polar surface area (TPSA) is 76.0 Å². The van der Waals surface area contributed by atoms with E-state index in [9.17, 15) is 9.59 Å². The molecule has 1 aliphatic carbocycles. The van der Waals surface area contributed by atoms with Crippen LogP contribution in [0.25, 0.3) is 0 Å². The van der Waals surface area contributed by atoms with Gasteiger partial charge in [0.15, 0.2) is 0 Å². The Hall–Kier alpha value is -2.63. The van der Waals surface area contributed by atoms with Crippen LogP contribution in [0.1, 0.15) is 35.2 Å². The van der Waals surface area contributed by atoms with Gasteiger partial charge in [0, 0.05) is 43.5 Å². The first-order valence-corrected chi connectivity index (χ1v) is 8.33. The van der Waals surface area contributed by atoms with E-state index in [2.05, 4.69) is 15.6 Å². The number of carbonyl (C=O) groups excluding carboxylic acids is 2. The smallest absolute Gasteiger partial charge is 0.251 e. The molecule has 1 fully saturated rings. The number of hydrogen-bond donors (Lipinski definition) is 2. The standard InChI is InChI=1S/C18H22N4O2/c23-17(20-8-1-10-22-11-9-19-13-22)15-4-2-14(3-5-15)12-21-18(24)16-6-7-16/h2-5,9,11,13,16H,1,6-8,10,12H2,(H,20,23)(H,21,24). The van der Waals surface area contributed by atoms with E-state index in [-0.39, 0.29) is 17.7 Å². The van der Waals surface area contributed by atoms with Crippen LogP contribution in [0.15, 0.2) is 43.0 Å². The average molecular weight is 326 g/mol. The number of aryl methyl sites for hydroxylation is 1. The molecule has 6 heteroatoms. The summed E-state index contributed by atoms with van der Waals surface area (Å²) in [4.78, 5) is 27.7. The number of benzene rings is 1. The van der Waals surface area contributed by atoms with Crippen LogP contribution in [0.4, 0.5) is 0 Å². The van der Waals surface area contributed by atoms with Crippen LogP contribution in [0, 0.1) is 5.92 Å². The molecule has 1 saturated carbocycles. The van der Waals surface area contributed by atoms with Crippen LogP contribution >= 0.6 is 0 Å². The van der Waals surface area contributed by atoms with Gasteiger partial charge in [-0.15, -0.1) is 0 Å². The first-order valence-electron chi connectivity index (χ1n) is 8.33. The lowest BCUT2D eigenvalue weighted by atomic mass is 10.1. The fraction of sp³-hybridized carbons (Fsp3) is 0.389. The minimum atomic E-state index is -0.0748. The maximum absolute atomic E-state index is 12.1. The minimum Gasteiger partial charge on any atom is -0.352 e. The van der Waals surface area contributed by atoms with Gasteiger partial charge in [0.2, 0.25) is 5.91 Å². The van der Waals surface area contributed by atoms with Crippen molar-refractivity contribution in [3.63, 3.8) is 0 Å². The van der Waals surface area contributed by atoms with Crippen LogP contribution < -0.4 is 10.6 Å². The van der Waals surface area contributed by atoms with E-state index >= 15 is 0 Å². The van der Waals surface area contributed by atoms with Gasteiger partial charge in [0.1, 0.15) is 0 Å². The zero-order valence-corrected chi connectivity index (χ0v) is 13.6. The lowest BCUT2D eigenvalue weighted by Gasteiger charge is -2.07. The normalized spacial score (nSPS) is 13.5. The van der Waals surface area contributed by atoms with Crippen LogP contribution in [-0.2, 0) is 17.9 Å². The zero-order valence-electron chi connectivity index (χ0n) is 13.6. The molecule has 1 aliphatic rings. The molecule has 0 radical (unpaired) electrons. The maximum atomic E-state index is 12.1. The highest BCUT2D eigenvalue weighted by molar-refractivity contribution is 5.94. The van der Waals surface area contributed by atoms with E-state index in [1.807, 2.05) is 22.9 Å². The Labute approximate surface area is 141 Å². The van der Waals surface area contributed by atoms with Crippen molar-refractivity contribution in [1.29, 1.82) is 0 Å². The zero-order chi connectivity index (χ0) is 16.8. The van der Waals surface area contributed by atoms with Gasteiger partial charge in [-0.05, 0) is 37.0 Å². The summed E-state index contributed by atoms with van der Waals surface area (Å²) in [5, 5.41) is 5.83. The Morgan fingerprint density at radius 2 is 1.96 bits per heavy atom. The van der Waals surface area contributed by atoms with Crippen molar-refractivity contribution in [1.82, 2.24) is 20.2 Å². The molecule has 126 valence electrons. The fourth-order valence-electron chi connectivity index (χ4n) is 2.44. The predicted octanol–water partition coefficient (Wildman–Crippen LogP) is 1.73. The molecule has 3 rings (SSSR count). The molecule has 0 unspecified atom stereocenters. The summed E-state index contributed by atoms with van der Waals surface area (Å²) in [6, 6.07) is 7.36. The number of rotatable bonds is 8. The highest BCUT2D eigenvalue weighted by Gasteiger charge is 2.29. The molecule has 2 aromatic rings. The molecular weight excluding hydrogens is 304 g/mol. The molecule has 0 spiro atoms. The summed E-state index contributed by atoms with van der Waals surface area (Å²) < 4.78 is 1.98. The number of hydrogen-bond acceptors (Lipinski definition) is 3. The second kappa shape index (κ2) is 7.77. The second-order valence-corrected chi connectivity index (χ2v) is 6.10. The van der Waals surface area contributed by atoms with Crippen molar-refractivity contribution in [2.24, 2.45) is 5.92 Å². The Morgan fingerprint density at radius 1 is 1.17 bits per heavy atom. The number of aromatic nitrogens is 2. The number of nitrogens with zero attached hydrogens (tertiary/aromatic N) is 2. The largest absolute Gasteiger partial charge is 0.352 e. The Balaban J connectivity index is 1.39. The minimum absolute atomic E-state index is 0.0748. The fourth-order valence-corrected chi connectivity index (χ4v) is 2.44. The van der Waals surface area contributed by atoms with E-state index < -0.39 is 0 Å². The Morgan fingerprint density at radius 3 is 2.62 bits per heavy atom. The summed E-state index contributed by atoms with van der Waals surface area (Å²) >= 11 is 0. The van der Waals surface area contributed by atoms with Crippen LogP contribution in [-0.4, -0.2) is 27.9 Å². The first kappa shape index (κ1) is 16.2. The molecule has 2 N–H and O–H groups in total. The van der Waals surface area contributed by atoms with Crippen LogP contribution in [0.2, 0.25) is 0 Å². The van der Waals surface area contributed by atoms with E-state index in [1.54, 1.807) is 24.7 Å². The van der Waals surface area contributed by atoms with Gasteiger partial charge in [-0.1, -0.05) is 12.1 Å². The molecule has 0 bridgehead atoms. The van der Waals surface area contributed by atoms with Gasteiger partial charge < -0.3 is 15.2 Å². The van der Waals surface area contributed by atoms with E-state index in [1.165, 1.54) is 0 Å². The first-order chi connectivity index (χ1) is 11.7. The van der Waals surface area contributed by atoms with Gasteiger partial charge in [-0.2, -0.15) is 0 Å². The molecular formula is C18H22N4O2. The van der Waals surface area contributed by atoms with Crippen molar-refractivity contribution in [3.8, 4) is 0 Å². The van der Waals surface area contributed by atoms with Gasteiger partial charge in [0.05, 0.1) is 6.33 Å². The summed E-state index contributed by atoms with van der Waals surface area (Å²) in [7, 11) is 0. The van der Waals surface area contributed by atoms with Gasteiger partial charge in [-0.3, -0.25) is 9.59 Å². The van der Waals surface area contributed by atoms with E-state index in [4.69, 9.17) is 0 Å². The SMILES string of the molecule is O=C(NCCCn1ccnc1)c1ccc(CNC(=O)C2CC2)cc1. The monoisotopic (exact) mass is 326 g/mol. The van der Waals surface area contributed by atoms with E-state index in [0.717, 1.165) is 31.4 Å². The number of imidazole rings is 1. The third kappa shape index (κ3) is 4.68. The summed E-state index contributed by atoms with van der Waals surface area (Å²) in [6.07, 6.45) is 8.28. The van der Waals surface area contributed by atoms with Crippen molar-refractivity contribution >= 4 is 11.8 Å². The molecule has 24 heavy (non-hydrogen) atoms. The molecule has 6 nitrogen and oxygen atoms in total. The highest BCUT2D eigenvalue weighted by Crippen LogP contribution is 2.28. The number of carbonyl (C=O) groups is 2. The quantitative estimate of drug-likeness (QED) is 0.725. The second-order valence-electron chi connectivity index (χ2n) is 6.10. The average Bonchev–Trinajstić information content (AvgIpc) is 3.33. The third-order valence-electron chi connectivity index (χ3n) is 4.07. The highest BCUT2D eigenvalue weighted by atomic mass is 16.2.